The zero-order valence-electron chi connectivity index (χ0n) is 6.11. The number of fused-ring (bicyclic) bond motifs is 1. The summed E-state index contributed by atoms with van der Waals surface area (Å²) in [4.78, 5) is 0. The van der Waals surface area contributed by atoms with Crippen LogP contribution in [0.5, 0.6) is 5.75 Å². The Balaban J connectivity index is 2.95. The highest BCUT2D eigenvalue weighted by Gasteiger charge is 2.08. The normalized spacial score (nSPS) is 10.8. The van der Waals surface area contributed by atoms with E-state index in [1.807, 2.05) is 18.2 Å². The quantitative estimate of drug-likeness (QED) is 0.449. The van der Waals surface area contributed by atoms with Crippen LogP contribution in [0.4, 0.5) is 5.69 Å². The van der Waals surface area contributed by atoms with E-state index in [2.05, 4.69) is 12.6 Å². The van der Waals surface area contributed by atoms with Crippen LogP contribution in [-0.4, -0.2) is 5.11 Å². The molecule has 4 heteroatoms. The first-order chi connectivity index (χ1) is 5.70. The number of aromatic hydroxyl groups is 1. The second kappa shape index (κ2) is 2.57. The Morgan fingerprint density at radius 3 is 2.83 bits per heavy atom. The van der Waals surface area contributed by atoms with Gasteiger partial charge in [0, 0.05) is 11.1 Å². The van der Waals surface area contributed by atoms with Gasteiger partial charge in [0.15, 0.2) is 0 Å². The summed E-state index contributed by atoms with van der Waals surface area (Å²) in [5.74, 6) is 0.227. The molecule has 0 amide bonds. The first-order valence-electron chi connectivity index (χ1n) is 3.39. The van der Waals surface area contributed by atoms with Crippen LogP contribution in [0.2, 0.25) is 0 Å². The fraction of sp³-hybridized carbons (Fsp3) is 0. The number of hydrogen-bond donors (Lipinski definition) is 3. The molecule has 1 aromatic heterocycles. The van der Waals surface area contributed by atoms with Gasteiger partial charge in [0.25, 0.3) is 0 Å². The number of thiol groups is 1. The van der Waals surface area contributed by atoms with Gasteiger partial charge in [-0.25, -0.2) is 0 Å². The average Bonchev–Trinajstić information content (AvgIpc) is 2.32. The molecular weight excluding hydrogens is 190 g/mol. The van der Waals surface area contributed by atoms with Crippen LogP contribution in [0.1, 0.15) is 0 Å². The van der Waals surface area contributed by atoms with Crippen molar-refractivity contribution in [2.75, 3.05) is 5.73 Å². The summed E-state index contributed by atoms with van der Waals surface area (Å²) in [6.07, 6.45) is 0. The molecule has 0 spiro atoms. The number of nitrogen functional groups attached to an aromatic ring is 1. The molecule has 62 valence electrons. The van der Waals surface area contributed by atoms with E-state index in [1.165, 1.54) is 11.3 Å². The molecule has 0 aliphatic rings. The Morgan fingerprint density at radius 1 is 1.42 bits per heavy atom. The molecule has 3 N–H and O–H groups in total. The molecule has 2 rings (SSSR count). The van der Waals surface area contributed by atoms with Crippen molar-refractivity contribution in [3.05, 3.63) is 18.2 Å². The molecule has 1 heterocycles. The molecule has 0 aliphatic carbocycles. The molecule has 0 bridgehead atoms. The van der Waals surface area contributed by atoms with E-state index < -0.39 is 0 Å². The van der Waals surface area contributed by atoms with E-state index in [-0.39, 0.29) is 5.75 Å². The Kier molecular flexibility index (Phi) is 1.66. The van der Waals surface area contributed by atoms with E-state index >= 15 is 0 Å². The molecule has 0 saturated carbocycles. The molecule has 1 aromatic carbocycles. The number of nitrogens with two attached hydrogens (primary N) is 1. The van der Waals surface area contributed by atoms with Crippen molar-refractivity contribution in [3.63, 3.8) is 0 Å². The molecule has 12 heavy (non-hydrogen) atoms. The highest BCUT2D eigenvalue weighted by molar-refractivity contribution is 7.83. The molecule has 2 aromatic rings. The van der Waals surface area contributed by atoms with Crippen LogP contribution < -0.4 is 5.73 Å². The summed E-state index contributed by atoms with van der Waals surface area (Å²) in [5.41, 5.74) is 6.39. The zero-order valence-corrected chi connectivity index (χ0v) is 7.82. The van der Waals surface area contributed by atoms with Crippen LogP contribution in [-0.2, 0) is 0 Å². The molecule has 0 radical (unpaired) electrons. The van der Waals surface area contributed by atoms with Crippen molar-refractivity contribution in [2.45, 2.75) is 4.21 Å². The van der Waals surface area contributed by atoms with Crippen molar-refractivity contribution in [1.82, 2.24) is 0 Å². The minimum atomic E-state index is 0.227. The smallest absolute Gasteiger partial charge is 0.147 e. The summed E-state index contributed by atoms with van der Waals surface area (Å²) in [6.45, 7) is 0. The summed E-state index contributed by atoms with van der Waals surface area (Å²) < 4.78 is 1.52. The molecule has 2 nitrogen and oxygen atoms in total. The third kappa shape index (κ3) is 0.956. The summed E-state index contributed by atoms with van der Waals surface area (Å²) in [5, 5.41) is 10.3. The van der Waals surface area contributed by atoms with E-state index in [4.69, 9.17) is 5.73 Å². The van der Waals surface area contributed by atoms with Crippen LogP contribution in [0, 0.1) is 0 Å². The van der Waals surface area contributed by atoms with Crippen molar-refractivity contribution in [3.8, 4) is 5.75 Å². The number of hydrogen-bond acceptors (Lipinski definition) is 4. The highest BCUT2D eigenvalue weighted by Crippen LogP contribution is 2.41. The fourth-order valence-corrected chi connectivity index (χ4v) is 2.37. The number of benzene rings is 1. The Hall–Kier alpha value is -0.870. The van der Waals surface area contributed by atoms with E-state index in [0.29, 0.717) is 9.90 Å². The SMILES string of the molecule is Nc1cccc2c(O)c(S)sc12. The van der Waals surface area contributed by atoms with Crippen LogP contribution in [0.3, 0.4) is 0 Å². The van der Waals surface area contributed by atoms with Crippen molar-refractivity contribution >= 4 is 39.7 Å². The predicted octanol–water partition coefficient (Wildman–Crippen LogP) is 2.48. The third-order valence-electron chi connectivity index (χ3n) is 1.70. The largest absolute Gasteiger partial charge is 0.505 e. The van der Waals surface area contributed by atoms with Gasteiger partial charge in [0.2, 0.25) is 0 Å². The Labute approximate surface area is 79.0 Å². The van der Waals surface area contributed by atoms with E-state index in [1.54, 1.807) is 0 Å². The van der Waals surface area contributed by atoms with Gasteiger partial charge in [-0.3, -0.25) is 0 Å². The average molecular weight is 197 g/mol. The maximum atomic E-state index is 9.50. The second-order valence-corrected chi connectivity index (χ2v) is 4.25. The van der Waals surface area contributed by atoms with Gasteiger partial charge in [-0.15, -0.1) is 24.0 Å². The van der Waals surface area contributed by atoms with Crippen molar-refractivity contribution in [1.29, 1.82) is 0 Å². The standard InChI is InChI=1S/C8H7NOS2/c9-5-3-1-2-4-6(10)8(11)12-7(4)5/h1-3,10-11H,9H2. The minimum Gasteiger partial charge on any atom is -0.505 e. The summed E-state index contributed by atoms with van der Waals surface area (Å²) in [7, 11) is 0. The minimum absolute atomic E-state index is 0.227. The molecule has 0 atom stereocenters. The second-order valence-electron chi connectivity index (χ2n) is 2.48. The van der Waals surface area contributed by atoms with E-state index in [9.17, 15) is 5.11 Å². The molecule has 0 unspecified atom stereocenters. The van der Waals surface area contributed by atoms with Gasteiger partial charge in [-0.2, -0.15) is 0 Å². The third-order valence-corrected chi connectivity index (χ3v) is 3.23. The van der Waals surface area contributed by atoms with Gasteiger partial charge in [0.05, 0.1) is 4.70 Å². The highest BCUT2D eigenvalue weighted by atomic mass is 32.2. The van der Waals surface area contributed by atoms with Gasteiger partial charge in [0.1, 0.15) is 9.96 Å². The summed E-state index contributed by atoms with van der Waals surface area (Å²) >= 11 is 5.51. The fourth-order valence-electron chi connectivity index (χ4n) is 1.12. The van der Waals surface area contributed by atoms with Crippen LogP contribution in [0.25, 0.3) is 10.1 Å². The van der Waals surface area contributed by atoms with Crippen molar-refractivity contribution in [2.24, 2.45) is 0 Å². The molecular formula is C8H7NOS2. The Bertz CT molecular complexity index is 436. The maximum absolute atomic E-state index is 9.50. The van der Waals surface area contributed by atoms with E-state index in [0.717, 1.165) is 10.1 Å². The van der Waals surface area contributed by atoms with Crippen molar-refractivity contribution < 1.29 is 5.11 Å². The lowest BCUT2D eigenvalue weighted by molar-refractivity contribution is 0.473. The van der Waals surface area contributed by atoms with Crippen LogP contribution in [0.15, 0.2) is 22.4 Å². The first-order valence-corrected chi connectivity index (χ1v) is 4.65. The molecule has 0 saturated heterocycles. The number of thiophene rings is 1. The first kappa shape index (κ1) is 7.76. The summed E-state index contributed by atoms with van der Waals surface area (Å²) in [6, 6.07) is 5.46. The lowest BCUT2D eigenvalue weighted by atomic mass is 10.2. The lowest BCUT2D eigenvalue weighted by Gasteiger charge is -1.93. The van der Waals surface area contributed by atoms with Gasteiger partial charge in [-0.1, -0.05) is 6.07 Å². The predicted molar refractivity (Wildman–Crippen MR) is 55.2 cm³/mol. The maximum Gasteiger partial charge on any atom is 0.147 e. The molecule has 0 aliphatic heterocycles. The monoisotopic (exact) mass is 197 g/mol. The van der Waals surface area contributed by atoms with Gasteiger partial charge < -0.3 is 10.8 Å². The lowest BCUT2D eigenvalue weighted by Crippen LogP contribution is -1.81. The number of rotatable bonds is 0. The molecule has 0 fully saturated rings. The topological polar surface area (TPSA) is 46.2 Å². The van der Waals surface area contributed by atoms with Crippen LogP contribution >= 0.6 is 24.0 Å². The Morgan fingerprint density at radius 2 is 2.17 bits per heavy atom. The number of anilines is 1. The van der Waals surface area contributed by atoms with Gasteiger partial charge in [-0.05, 0) is 12.1 Å². The zero-order chi connectivity index (χ0) is 8.72. The van der Waals surface area contributed by atoms with Gasteiger partial charge >= 0.3 is 0 Å².